The summed E-state index contributed by atoms with van der Waals surface area (Å²) in [6.07, 6.45) is 0.883. The van der Waals surface area contributed by atoms with Crippen LogP contribution in [0.15, 0.2) is 88.4 Å². The van der Waals surface area contributed by atoms with Gasteiger partial charge in [-0.05, 0) is 61.0 Å². The first kappa shape index (κ1) is 19.6. The minimum absolute atomic E-state index is 0.337. The molecule has 0 fully saturated rings. The first-order valence-corrected chi connectivity index (χ1v) is 9.47. The van der Waals surface area contributed by atoms with Crippen molar-refractivity contribution in [2.45, 2.75) is 13.0 Å². The summed E-state index contributed by atoms with van der Waals surface area (Å²) in [4.78, 5) is 12.1. The van der Waals surface area contributed by atoms with Gasteiger partial charge in [-0.25, -0.2) is 5.43 Å². The second-order valence-corrected chi connectivity index (χ2v) is 6.85. The number of amides is 1. The third-order valence-electron chi connectivity index (χ3n) is 3.72. The quantitative estimate of drug-likeness (QED) is 0.409. The summed E-state index contributed by atoms with van der Waals surface area (Å²) in [7, 11) is 0. The monoisotopic (exact) mass is 438 g/mol. The van der Waals surface area contributed by atoms with Gasteiger partial charge in [0.15, 0.2) is 6.10 Å². The fourth-order valence-corrected chi connectivity index (χ4v) is 2.58. The molecule has 6 heteroatoms. The molecule has 142 valence electrons. The summed E-state index contributed by atoms with van der Waals surface area (Å²) < 4.78 is 12.3. The maximum Gasteiger partial charge on any atom is 0.280 e. The SMILES string of the molecule is CC(Oc1ccc(Br)cc1)C(=O)N/N=C/c1cccc(Oc2ccccc2)c1. The van der Waals surface area contributed by atoms with E-state index < -0.39 is 6.10 Å². The molecule has 0 aliphatic rings. The Morgan fingerprint density at radius 3 is 2.43 bits per heavy atom. The van der Waals surface area contributed by atoms with Crippen LogP contribution in [-0.2, 0) is 4.79 Å². The van der Waals surface area contributed by atoms with E-state index in [0.717, 1.165) is 15.8 Å². The van der Waals surface area contributed by atoms with Crippen LogP contribution in [0.3, 0.4) is 0 Å². The molecule has 0 aliphatic carbocycles. The Morgan fingerprint density at radius 1 is 0.964 bits per heavy atom. The third kappa shape index (κ3) is 5.96. The van der Waals surface area contributed by atoms with Crippen LogP contribution in [-0.4, -0.2) is 18.2 Å². The molecule has 1 N–H and O–H groups in total. The zero-order valence-electron chi connectivity index (χ0n) is 15.2. The lowest BCUT2D eigenvalue weighted by Crippen LogP contribution is -2.33. The van der Waals surface area contributed by atoms with Crippen LogP contribution >= 0.6 is 15.9 Å². The molecule has 28 heavy (non-hydrogen) atoms. The molecule has 0 spiro atoms. The number of benzene rings is 3. The van der Waals surface area contributed by atoms with E-state index in [4.69, 9.17) is 9.47 Å². The highest BCUT2D eigenvalue weighted by molar-refractivity contribution is 9.10. The molecule has 5 nitrogen and oxygen atoms in total. The molecule has 3 rings (SSSR count). The minimum atomic E-state index is -0.675. The lowest BCUT2D eigenvalue weighted by atomic mass is 10.2. The average molecular weight is 439 g/mol. The highest BCUT2D eigenvalue weighted by Gasteiger charge is 2.13. The fourth-order valence-electron chi connectivity index (χ4n) is 2.32. The van der Waals surface area contributed by atoms with Gasteiger partial charge in [0.2, 0.25) is 0 Å². The van der Waals surface area contributed by atoms with Crippen molar-refractivity contribution >= 4 is 28.1 Å². The number of carbonyl (C=O) groups is 1. The average Bonchev–Trinajstić information content (AvgIpc) is 2.71. The molecule has 0 saturated heterocycles. The van der Waals surface area contributed by atoms with Crippen molar-refractivity contribution in [3.8, 4) is 17.2 Å². The van der Waals surface area contributed by atoms with Gasteiger partial charge in [-0.2, -0.15) is 5.10 Å². The van der Waals surface area contributed by atoms with Gasteiger partial charge in [-0.3, -0.25) is 4.79 Å². The molecule has 0 aliphatic heterocycles. The molecule has 3 aromatic rings. The van der Waals surface area contributed by atoms with Gasteiger partial charge in [-0.15, -0.1) is 0 Å². The molecule has 1 amide bonds. The smallest absolute Gasteiger partial charge is 0.280 e. The summed E-state index contributed by atoms with van der Waals surface area (Å²) in [6, 6.07) is 24.2. The molecular weight excluding hydrogens is 420 g/mol. The van der Waals surface area contributed by atoms with Crippen molar-refractivity contribution in [2.75, 3.05) is 0 Å². The number of hydrazone groups is 1. The Morgan fingerprint density at radius 2 is 1.68 bits per heavy atom. The first-order chi connectivity index (χ1) is 13.6. The van der Waals surface area contributed by atoms with E-state index in [1.165, 1.54) is 0 Å². The van der Waals surface area contributed by atoms with E-state index >= 15 is 0 Å². The second-order valence-electron chi connectivity index (χ2n) is 5.94. The Bertz CT molecular complexity index is 944. The third-order valence-corrected chi connectivity index (χ3v) is 4.25. The Balaban J connectivity index is 1.54. The minimum Gasteiger partial charge on any atom is -0.481 e. The van der Waals surface area contributed by atoms with E-state index in [1.807, 2.05) is 66.7 Å². The van der Waals surface area contributed by atoms with E-state index in [-0.39, 0.29) is 5.91 Å². The molecule has 3 aromatic carbocycles. The number of hydrogen-bond donors (Lipinski definition) is 1. The van der Waals surface area contributed by atoms with Crippen LogP contribution in [0.25, 0.3) is 0 Å². The van der Waals surface area contributed by atoms with Gasteiger partial charge in [0.1, 0.15) is 17.2 Å². The Labute approximate surface area is 172 Å². The highest BCUT2D eigenvalue weighted by atomic mass is 79.9. The van der Waals surface area contributed by atoms with Gasteiger partial charge in [0.25, 0.3) is 5.91 Å². The van der Waals surface area contributed by atoms with Crippen molar-refractivity contribution in [1.82, 2.24) is 5.43 Å². The number of nitrogens with zero attached hydrogens (tertiary/aromatic N) is 1. The van der Waals surface area contributed by atoms with Crippen molar-refractivity contribution < 1.29 is 14.3 Å². The van der Waals surface area contributed by atoms with Gasteiger partial charge in [-0.1, -0.05) is 46.3 Å². The largest absolute Gasteiger partial charge is 0.481 e. The van der Waals surface area contributed by atoms with Crippen LogP contribution < -0.4 is 14.9 Å². The number of rotatable bonds is 7. The van der Waals surface area contributed by atoms with Gasteiger partial charge in [0, 0.05) is 4.47 Å². The fraction of sp³-hybridized carbons (Fsp3) is 0.0909. The van der Waals surface area contributed by atoms with E-state index in [2.05, 4.69) is 26.5 Å². The number of halogens is 1. The van der Waals surface area contributed by atoms with Crippen molar-refractivity contribution in [3.63, 3.8) is 0 Å². The molecule has 1 atom stereocenters. The zero-order valence-corrected chi connectivity index (χ0v) is 16.8. The van der Waals surface area contributed by atoms with E-state index in [0.29, 0.717) is 11.5 Å². The van der Waals surface area contributed by atoms with E-state index in [1.54, 1.807) is 25.3 Å². The van der Waals surface area contributed by atoms with Crippen LogP contribution in [0.4, 0.5) is 0 Å². The van der Waals surface area contributed by atoms with Gasteiger partial charge in [0.05, 0.1) is 6.21 Å². The molecule has 0 heterocycles. The Kier molecular flexibility index (Phi) is 6.81. The molecule has 1 unspecified atom stereocenters. The molecule has 0 bridgehead atoms. The summed E-state index contributed by atoms with van der Waals surface area (Å²) in [6.45, 7) is 1.67. The standard InChI is InChI=1S/C22H19BrN2O3/c1-16(27-20-12-10-18(23)11-13-20)22(26)25-24-15-17-6-5-9-21(14-17)28-19-7-3-2-4-8-19/h2-16H,1H3,(H,25,26)/b24-15+. The van der Waals surface area contributed by atoms with Crippen LogP contribution in [0.2, 0.25) is 0 Å². The second kappa shape index (κ2) is 9.71. The summed E-state index contributed by atoms with van der Waals surface area (Å²) in [5, 5.41) is 4.00. The lowest BCUT2D eigenvalue weighted by molar-refractivity contribution is -0.127. The number of para-hydroxylation sites is 1. The maximum absolute atomic E-state index is 12.1. The normalized spacial score (nSPS) is 11.8. The topological polar surface area (TPSA) is 59.9 Å². The highest BCUT2D eigenvalue weighted by Crippen LogP contribution is 2.21. The predicted molar refractivity (Wildman–Crippen MR) is 113 cm³/mol. The lowest BCUT2D eigenvalue weighted by Gasteiger charge is -2.12. The summed E-state index contributed by atoms with van der Waals surface area (Å²) in [5.41, 5.74) is 3.29. The number of nitrogens with one attached hydrogen (secondary N) is 1. The molecule has 0 radical (unpaired) electrons. The Hall–Kier alpha value is -3.12. The number of hydrogen-bond acceptors (Lipinski definition) is 4. The maximum atomic E-state index is 12.1. The van der Waals surface area contributed by atoms with Gasteiger partial charge < -0.3 is 9.47 Å². The zero-order chi connectivity index (χ0) is 19.8. The molecular formula is C22H19BrN2O3. The van der Waals surface area contributed by atoms with Crippen LogP contribution in [0.5, 0.6) is 17.2 Å². The van der Waals surface area contributed by atoms with Crippen molar-refractivity contribution in [2.24, 2.45) is 5.10 Å². The van der Waals surface area contributed by atoms with E-state index in [9.17, 15) is 4.79 Å². The molecule has 0 aromatic heterocycles. The number of carbonyl (C=O) groups excluding carboxylic acids is 1. The molecule has 0 saturated carbocycles. The first-order valence-electron chi connectivity index (χ1n) is 8.68. The van der Waals surface area contributed by atoms with Crippen molar-refractivity contribution in [1.29, 1.82) is 0 Å². The summed E-state index contributed by atoms with van der Waals surface area (Å²) >= 11 is 3.36. The van der Waals surface area contributed by atoms with Crippen LogP contribution in [0.1, 0.15) is 12.5 Å². The number of ether oxygens (including phenoxy) is 2. The van der Waals surface area contributed by atoms with Gasteiger partial charge >= 0.3 is 0 Å². The van der Waals surface area contributed by atoms with Crippen LogP contribution in [0, 0.1) is 0 Å². The van der Waals surface area contributed by atoms with Crippen molar-refractivity contribution in [3.05, 3.63) is 88.9 Å². The predicted octanol–water partition coefficient (Wildman–Crippen LogP) is 5.16. The summed E-state index contributed by atoms with van der Waals surface area (Å²) in [5.74, 6) is 1.72.